The maximum atomic E-state index is 13.3. The average molecular weight is 426 g/mol. The summed E-state index contributed by atoms with van der Waals surface area (Å²) in [4.78, 5) is 53.4. The molecule has 5 rings (SSSR count). The van der Waals surface area contributed by atoms with E-state index in [2.05, 4.69) is 22.5 Å². The number of amides is 4. The second-order valence-electron chi connectivity index (χ2n) is 8.99. The fraction of sp³-hybridized carbons (Fsp3) is 0.545. The van der Waals surface area contributed by atoms with Crippen molar-refractivity contribution in [1.29, 1.82) is 0 Å². The number of benzene rings is 1. The molecule has 1 spiro atoms. The van der Waals surface area contributed by atoms with Gasteiger partial charge in [0.25, 0.3) is 11.8 Å². The topological polar surface area (TPSA) is 108 Å². The number of piperidine rings is 1. The lowest BCUT2D eigenvalue weighted by Crippen LogP contribution is -2.55. The largest absolute Gasteiger partial charge is 0.368 e. The molecule has 1 aromatic carbocycles. The molecule has 31 heavy (non-hydrogen) atoms. The van der Waals surface area contributed by atoms with E-state index in [4.69, 9.17) is 4.74 Å². The summed E-state index contributed by atoms with van der Waals surface area (Å²) in [6.07, 6.45) is 1.28. The van der Waals surface area contributed by atoms with Crippen molar-refractivity contribution >= 4 is 23.6 Å². The average Bonchev–Trinajstić information content (AvgIpc) is 3.25. The van der Waals surface area contributed by atoms with Crippen LogP contribution in [0, 0.1) is 0 Å². The predicted octanol–water partition coefficient (Wildman–Crippen LogP) is 0.0406. The first-order chi connectivity index (χ1) is 14.9. The van der Waals surface area contributed by atoms with E-state index in [-0.39, 0.29) is 30.5 Å². The van der Waals surface area contributed by atoms with E-state index in [1.165, 1.54) is 0 Å². The molecule has 9 nitrogen and oxygen atoms in total. The molecule has 3 saturated heterocycles. The summed E-state index contributed by atoms with van der Waals surface area (Å²) in [5.41, 5.74) is 1.26. The van der Waals surface area contributed by atoms with Crippen LogP contribution in [0.2, 0.25) is 0 Å². The monoisotopic (exact) mass is 426 g/mol. The minimum Gasteiger partial charge on any atom is -0.368 e. The smallest absolute Gasteiger partial charge is 0.262 e. The number of nitrogens with zero attached hydrogens (tertiary/aromatic N) is 2. The Bertz CT molecular complexity index is 971. The van der Waals surface area contributed by atoms with Crippen LogP contribution in [-0.2, 0) is 20.9 Å². The van der Waals surface area contributed by atoms with E-state index in [1.54, 1.807) is 12.1 Å². The predicted molar refractivity (Wildman–Crippen MR) is 109 cm³/mol. The zero-order valence-corrected chi connectivity index (χ0v) is 17.5. The fourth-order valence-corrected chi connectivity index (χ4v) is 5.37. The lowest BCUT2D eigenvalue weighted by molar-refractivity contribution is -0.139. The Balaban J connectivity index is 1.41. The minimum atomic E-state index is -0.950. The molecule has 4 amide bonds. The van der Waals surface area contributed by atoms with E-state index in [0.29, 0.717) is 17.7 Å². The van der Waals surface area contributed by atoms with Gasteiger partial charge in [0.15, 0.2) is 0 Å². The first kappa shape index (κ1) is 20.3. The normalized spacial score (nSPS) is 31.5. The molecule has 0 radical (unpaired) electrons. The number of morpholine rings is 1. The Hall–Kier alpha value is -2.62. The molecule has 2 N–H and O–H groups in total. The van der Waals surface area contributed by atoms with Crippen molar-refractivity contribution in [3.8, 4) is 0 Å². The Morgan fingerprint density at radius 2 is 2.03 bits per heavy atom. The van der Waals surface area contributed by atoms with Crippen LogP contribution in [0.15, 0.2) is 18.2 Å². The Kier molecular flexibility index (Phi) is 4.91. The summed E-state index contributed by atoms with van der Waals surface area (Å²) >= 11 is 0. The standard InChI is InChI=1S/C22H26N4O5/c1-13-9-25(12-22(31-13)7-8-23-11-22)10-14-3-2-4-15-18(14)21(30)26(20(15)29)16-5-6-17(27)24-19(16)28/h2-4,13,16,23H,5-12H2,1H3,(H,24,27,28). The maximum absolute atomic E-state index is 13.3. The van der Waals surface area contributed by atoms with Crippen LogP contribution < -0.4 is 10.6 Å². The van der Waals surface area contributed by atoms with Gasteiger partial charge >= 0.3 is 0 Å². The minimum absolute atomic E-state index is 0.0720. The van der Waals surface area contributed by atoms with E-state index >= 15 is 0 Å². The van der Waals surface area contributed by atoms with Crippen LogP contribution in [0.25, 0.3) is 0 Å². The van der Waals surface area contributed by atoms with Crippen LogP contribution in [-0.4, -0.2) is 77.4 Å². The van der Waals surface area contributed by atoms with Crippen molar-refractivity contribution in [2.24, 2.45) is 0 Å². The van der Waals surface area contributed by atoms with Gasteiger partial charge in [-0.2, -0.15) is 0 Å². The summed E-state index contributed by atoms with van der Waals surface area (Å²) in [6, 6.07) is 4.34. The van der Waals surface area contributed by atoms with Crippen molar-refractivity contribution in [2.45, 2.75) is 50.5 Å². The molecule has 3 unspecified atom stereocenters. The fourth-order valence-electron chi connectivity index (χ4n) is 5.37. The van der Waals surface area contributed by atoms with Gasteiger partial charge in [-0.1, -0.05) is 12.1 Å². The van der Waals surface area contributed by atoms with Gasteiger partial charge in [-0.3, -0.25) is 34.3 Å². The number of carbonyl (C=O) groups is 4. The third kappa shape index (κ3) is 3.46. The number of imide groups is 2. The number of hydrogen-bond donors (Lipinski definition) is 2. The van der Waals surface area contributed by atoms with Crippen LogP contribution >= 0.6 is 0 Å². The lowest BCUT2D eigenvalue weighted by atomic mass is 9.97. The molecule has 0 aliphatic carbocycles. The highest BCUT2D eigenvalue weighted by Crippen LogP contribution is 2.33. The molecule has 0 aromatic heterocycles. The summed E-state index contributed by atoms with van der Waals surface area (Å²) < 4.78 is 6.24. The number of hydrogen-bond acceptors (Lipinski definition) is 7. The number of ether oxygens (including phenoxy) is 1. The van der Waals surface area contributed by atoms with E-state index in [0.717, 1.165) is 43.1 Å². The van der Waals surface area contributed by atoms with Crippen LogP contribution in [0.4, 0.5) is 0 Å². The summed E-state index contributed by atoms with van der Waals surface area (Å²) in [5.74, 6) is -1.90. The molecule has 0 saturated carbocycles. The first-order valence-electron chi connectivity index (χ1n) is 10.8. The number of carbonyl (C=O) groups excluding carboxylic acids is 4. The Morgan fingerprint density at radius 3 is 2.77 bits per heavy atom. The molecule has 4 aliphatic rings. The van der Waals surface area contributed by atoms with Gasteiger partial charge < -0.3 is 10.1 Å². The Labute approximate surface area is 180 Å². The number of fused-ring (bicyclic) bond motifs is 1. The van der Waals surface area contributed by atoms with Crippen molar-refractivity contribution in [3.63, 3.8) is 0 Å². The zero-order chi connectivity index (χ0) is 21.8. The number of nitrogens with one attached hydrogen (secondary N) is 2. The van der Waals surface area contributed by atoms with Crippen molar-refractivity contribution < 1.29 is 23.9 Å². The molecular formula is C22H26N4O5. The van der Waals surface area contributed by atoms with Crippen molar-refractivity contribution in [3.05, 3.63) is 34.9 Å². The molecule has 3 fully saturated rings. The maximum Gasteiger partial charge on any atom is 0.262 e. The molecule has 164 valence electrons. The van der Waals surface area contributed by atoms with Crippen LogP contribution in [0.5, 0.6) is 0 Å². The molecule has 0 bridgehead atoms. The van der Waals surface area contributed by atoms with Crippen molar-refractivity contribution in [1.82, 2.24) is 20.4 Å². The van der Waals surface area contributed by atoms with E-state index in [1.807, 2.05) is 6.07 Å². The van der Waals surface area contributed by atoms with Crippen LogP contribution in [0.3, 0.4) is 0 Å². The second-order valence-corrected chi connectivity index (χ2v) is 8.99. The van der Waals surface area contributed by atoms with Gasteiger partial charge in [0.2, 0.25) is 11.8 Å². The van der Waals surface area contributed by atoms with Gasteiger partial charge in [-0.25, -0.2) is 0 Å². The summed E-state index contributed by atoms with van der Waals surface area (Å²) in [5, 5.41) is 5.61. The van der Waals surface area contributed by atoms with E-state index in [9.17, 15) is 19.2 Å². The van der Waals surface area contributed by atoms with Gasteiger partial charge in [-0.15, -0.1) is 0 Å². The van der Waals surface area contributed by atoms with Crippen LogP contribution in [0.1, 0.15) is 52.5 Å². The molecular weight excluding hydrogens is 400 g/mol. The lowest BCUT2D eigenvalue weighted by Gasteiger charge is -2.43. The van der Waals surface area contributed by atoms with Gasteiger partial charge in [-0.05, 0) is 37.9 Å². The van der Waals surface area contributed by atoms with Gasteiger partial charge in [0.05, 0.1) is 22.8 Å². The molecule has 9 heteroatoms. The van der Waals surface area contributed by atoms with Crippen molar-refractivity contribution in [2.75, 3.05) is 26.2 Å². The quantitative estimate of drug-likeness (QED) is 0.657. The van der Waals surface area contributed by atoms with E-state index < -0.39 is 23.8 Å². The molecule has 1 aromatic rings. The third-order valence-electron chi connectivity index (χ3n) is 6.63. The highest BCUT2D eigenvalue weighted by atomic mass is 16.5. The number of rotatable bonds is 3. The van der Waals surface area contributed by atoms with Gasteiger partial charge in [0, 0.05) is 32.6 Å². The molecule has 4 aliphatic heterocycles. The molecule has 3 atom stereocenters. The summed E-state index contributed by atoms with van der Waals surface area (Å²) in [7, 11) is 0. The second kappa shape index (κ2) is 7.51. The highest BCUT2D eigenvalue weighted by Gasteiger charge is 2.46. The Morgan fingerprint density at radius 1 is 1.19 bits per heavy atom. The highest BCUT2D eigenvalue weighted by molar-refractivity contribution is 6.24. The summed E-state index contributed by atoms with van der Waals surface area (Å²) in [6.45, 7) is 5.82. The zero-order valence-electron chi connectivity index (χ0n) is 17.5. The molecule has 4 heterocycles. The first-order valence-corrected chi connectivity index (χ1v) is 10.8. The SMILES string of the molecule is CC1CN(Cc2cccc3c2C(=O)N(C2CCC(=O)NC2=O)C3=O)CC2(CCNC2)O1. The van der Waals surface area contributed by atoms with Gasteiger partial charge in [0.1, 0.15) is 6.04 Å². The third-order valence-corrected chi connectivity index (χ3v) is 6.63.